The molecule has 0 aliphatic heterocycles. The summed E-state index contributed by atoms with van der Waals surface area (Å²) in [6.07, 6.45) is 0. The molecule has 24 heavy (non-hydrogen) atoms. The SMILES string of the molecule is Cc1ccc(C(=O)Nc2nnc(SCc3ccccc3)s2)c(I)c1. The Balaban J connectivity index is 1.62. The molecular formula is C17H14IN3OS2. The van der Waals surface area contributed by atoms with E-state index in [9.17, 15) is 4.79 Å². The van der Waals surface area contributed by atoms with Crippen LogP contribution in [0.4, 0.5) is 5.13 Å². The number of rotatable bonds is 5. The molecule has 2 aromatic carbocycles. The fourth-order valence-corrected chi connectivity index (χ4v) is 4.63. The highest BCUT2D eigenvalue weighted by Gasteiger charge is 2.13. The number of nitrogens with zero attached hydrogens (tertiary/aromatic N) is 2. The Labute approximate surface area is 162 Å². The molecule has 3 aromatic rings. The van der Waals surface area contributed by atoms with E-state index in [0.29, 0.717) is 10.7 Å². The van der Waals surface area contributed by atoms with Gasteiger partial charge in [-0.25, -0.2) is 0 Å². The van der Waals surface area contributed by atoms with Gasteiger partial charge < -0.3 is 0 Å². The molecule has 0 radical (unpaired) electrons. The first-order chi connectivity index (χ1) is 11.6. The molecule has 7 heteroatoms. The maximum Gasteiger partial charge on any atom is 0.258 e. The minimum absolute atomic E-state index is 0.157. The van der Waals surface area contributed by atoms with E-state index in [4.69, 9.17) is 0 Å². The van der Waals surface area contributed by atoms with Crippen LogP contribution in [0.25, 0.3) is 0 Å². The Bertz CT molecular complexity index is 852. The maximum atomic E-state index is 12.4. The average Bonchev–Trinajstić information content (AvgIpc) is 3.01. The van der Waals surface area contributed by atoms with E-state index in [1.54, 1.807) is 11.8 Å². The first kappa shape index (κ1) is 17.4. The molecule has 1 amide bonds. The van der Waals surface area contributed by atoms with Crippen LogP contribution in [0.2, 0.25) is 0 Å². The van der Waals surface area contributed by atoms with Crippen LogP contribution in [-0.2, 0) is 5.75 Å². The first-order valence-corrected chi connectivity index (χ1v) is 10.1. The standard InChI is InChI=1S/C17H14IN3OS2/c1-11-7-8-13(14(18)9-11)15(22)19-16-20-21-17(24-16)23-10-12-5-3-2-4-6-12/h2-9H,10H2,1H3,(H,19,20,22). The Kier molecular flexibility index (Phi) is 5.85. The van der Waals surface area contributed by atoms with Gasteiger partial charge in [-0.3, -0.25) is 10.1 Å². The minimum atomic E-state index is -0.157. The smallest absolute Gasteiger partial charge is 0.258 e. The maximum absolute atomic E-state index is 12.4. The van der Waals surface area contributed by atoms with Gasteiger partial charge in [0.05, 0.1) is 5.56 Å². The number of aryl methyl sites for hydroxylation is 1. The Morgan fingerprint density at radius 2 is 2.00 bits per heavy atom. The van der Waals surface area contributed by atoms with Crippen molar-refractivity contribution >= 4 is 56.7 Å². The Morgan fingerprint density at radius 3 is 2.75 bits per heavy atom. The van der Waals surface area contributed by atoms with E-state index < -0.39 is 0 Å². The Hall–Kier alpha value is -1.45. The number of thioether (sulfide) groups is 1. The number of carbonyl (C=O) groups is 1. The summed E-state index contributed by atoms with van der Waals surface area (Å²) in [5.41, 5.74) is 3.01. The molecule has 0 aliphatic carbocycles. The number of benzene rings is 2. The number of nitrogens with one attached hydrogen (secondary N) is 1. The molecule has 4 nitrogen and oxygen atoms in total. The summed E-state index contributed by atoms with van der Waals surface area (Å²) in [5, 5.41) is 11.5. The summed E-state index contributed by atoms with van der Waals surface area (Å²) in [7, 11) is 0. The van der Waals surface area contributed by atoms with Gasteiger partial charge >= 0.3 is 0 Å². The highest BCUT2D eigenvalue weighted by molar-refractivity contribution is 14.1. The second-order valence-electron chi connectivity index (χ2n) is 5.08. The molecule has 0 aliphatic rings. The number of halogens is 1. The van der Waals surface area contributed by atoms with Gasteiger partial charge in [0.1, 0.15) is 0 Å². The molecular weight excluding hydrogens is 453 g/mol. The summed E-state index contributed by atoms with van der Waals surface area (Å²) in [6, 6.07) is 15.9. The molecule has 3 rings (SSSR count). The van der Waals surface area contributed by atoms with E-state index in [1.807, 2.05) is 43.3 Å². The van der Waals surface area contributed by atoms with E-state index in [1.165, 1.54) is 16.9 Å². The molecule has 1 aromatic heterocycles. The van der Waals surface area contributed by atoms with Crippen LogP contribution in [0.3, 0.4) is 0 Å². The van der Waals surface area contributed by atoms with Crippen LogP contribution in [-0.4, -0.2) is 16.1 Å². The number of hydrogen-bond acceptors (Lipinski definition) is 5. The van der Waals surface area contributed by atoms with E-state index in [0.717, 1.165) is 19.2 Å². The van der Waals surface area contributed by atoms with Gasteiger partial charge in [-0.2, -0.15) is 0 Å². The Morgan fingerprint density at radius 1 is 1.21 bits per heavy atom. The molecule has 0 spiro atoms. The van der Waals surface area contributed by atoms with Crippen molar-refractivity contribution in [1.29, 1.82) is 0 Å². The van der Waals surface area contributed by atoms with Gasteiger partial charge in [0.2, 0.25) is 5.13 Å². The van der Waals surface area contributed by atoms with Crippen LogP contribution < -0.4 is 5.32 Å². The summed E-state index contributed by atoms with van der Waals surface area (Å²) in [5.74, 6) is 0.675. The fraction of sp³-hybridized carbons (Fsp3) is 0.118. The predicted molar refractivity (Wildman–Crippen MR) is 108 cm³/mol. The third-order valence-corrected chi connectivity index (χ3v) is 6.14. The highest BCUT2D eigenvalue weighted by Crippen LogP contribution is 2.28. The second kappa shape index (κ2) is 8.09. The summed E-state index contributed by atoms with van der Waals surface area (Å²) < 4.78 is 1.76. The van der Waals surface area contributed by atoms with Crippen molar-refractivity contribution in [3.8, 4) is 0 Å². The highest BCUT2D eigenvalue weighted by atomic mass is 127. The summed E-state index contributed by atoms with van der Waals surface area (Å²) in [4.78, 5) is 12.4. The lowest BCUT2D eigenvalue weighted by Gasteiger charge is -2.04. The van der Waals surface area contributed by atoms with Crippen molar-refractivity contribution in [3.63, 3.8) is 0 Å². The third-order valence-electron chi connectivity index (χ3n) is 3.20. The van der Waals surface area contributed by atoms with Crippen LogP contribution in [0.1, 0.15) is 21.5 Å². The van der Waals surface area contributed by atoms with Gasteiger partial charge in [-0.15, -0.1) is 10.2 Å². The molecule has 0 bridgehead atoms. The van der Waals surface area contributed by atoms with E-state index >= 15 is 0 Å². The zero-order chi connectivity index (χ0) is 16.9. The van der Waals surface area contributed by atoms with Crippen LogP contribution >= 0.6 is 45.7 Å². The summed E-state index contributed by atoms with van der Waals surface area (Å²) in [6.45, 7) is 2.00. The number of amides is 1. The van der Waals surface area contributed by atoms with Crippen molar-refractivity contribution in [2.45, 2.75) is 17.0 Å². The van der Waals surface area contributed by atoms with Crippen molar-refractivity contribution < 1.29 is 4.79 Å². The van der Waals surface area contributed by atoms with Crippen molar-refractivity contribution in [3.05, 3.63) is 68.8 Å². The number of hydrogen-bond donors (Lipinski definition) is 1. The molecule has 0 fully saturated rings. The van der Waals surface area contributed by atoms with Crippen molar-refractivity contribution in [2.24, 2.45) is 0 Å². The van der Waals surface area contributed by atoms with Gasteiger partial charge in [-0.1, -0.05) is 65.1 Å². The van der Waals surface area contributed by atoms with Crippen LogP contribution in [0.15, 0.2) is 52.9 Å². The zero-order valence-corrected chi connectivity index (χ0v) is 16.6. The van der Waals surface area contributed by atoms with Gasteiger partial charge in [0, 0.05) is 9.32 Å². The topological polar surface area (TPSA) is 54.9 Å². The second-order valence-corrected chi connectivity index (χ2v) is 8.45. The molecule has 122 valence electrons. The molecule has 1 N–H and O–H groups in total. The molecule has 1 heterocycles. The normalized spacial score (nSPS) is 10.6. The quantitative estimate of drug-likeness (QED) is 0.326. The molecule has 0 saturated heterocycles. The third kappa shape index (κ3) is 4.55. The van der Waals surface area contributed by atoms with Gasteiger partial charge in [-0.05, 0) is 47.2 Å². The van der Waals surface area contributed by atoms with Gasteiger partial charge in [0.25, 0.3) is 5.91 Å². The van der Waals surface area contributed by atoms with Crippen molar-refractivity contribution in [1.82, 2.24) is 10.2 Å². The van der Waals surface area contributed by atoms with Gasteiger partial charge in [0.15, 0.2) is 4.34 Å². The van der Waals surface area contributed by atoms with E-state index in [-0.39, 0.29) is 5.91 Å². The van der Waals surface area contributed by atoms with Crippen LogP contribution in [0, 0.1) is 10.5 Å². The van der Waals surface area contributed by atoms with Crippen LogP contribution in [0.5, 0.6) is 0 Å². The lowest BCUT2D eigenvalue weighted by Crippen LogP contribution is -2.13. The lowest BCUT2D eigenvalue weighted by molar-refractivity contribution is 0.102. The molecule has 0 atom stereocenters. The first-order valence-electron chi connectivity index (χ1n) is 7.19. The number of carbonyl (C=O) groups excluding carboxylic acids is 1. The average molecular weight is 467 g/mol. The zero-order valence-electron chi connectivity index (χ0n) is 12.8. The summed E-state index contributed by atoms with van der Waals surface area (Å²) >= 11 is 5.18. The molecule has 0 saturated carbocycles. The van der Waals surface area contributed by atoms with E-state index in [2.05, 4.69) is 50.2 Å². The fourth-order valence-electron chi connectivity index (χ4n) is 2.01. The largest absolute Gasteiger partial charge is 0.296 e. The monoisotopic (exact) mass is 467 g/mol. The van der Waals surface area contributed by atoms with Crippen molar-refractivity contribution in [2.75, 3.05) is 5.32 Å². The minimum Gasteiger partial charge on any atom is -0.296 e. The number of aromatic nitrogens is 2. The molecule has 0 unspecified atom stereocenters. The predicted octanol–water partition coefficient (Wildman–Crippen LogP) is 5.00. The lowest BCUT2D eigenvalue weighted by atomic mass is 10.1. The number of anilines is 1.